The Hall–Kier alpha value is -1.76. The van der Waals surface area contributed by atoms with Crippen LogP contribution < -0.4 is 5.32 Å². The van der Waals surface area contributed by atoms with E-state index in [0.29, 0.717) is 13.0 Å². The average Bonchev–Trinajstić information content (AvgIpc) is 2.55. The molecule has 0 aliphatic rings. The molecular weight excluding hydrogens is 166 g/mol. The van der Waals surface area contributed by atoms with E-state index in [9.17, 15) is 4.79 Å². The van der Waals surface area contributed by atoms with Gasteiger partial charge >= 0.3 is 0 Å². The molecule has 1 amide bonds. The van der Waals surface area contributed by atoms with E-state index in [2.05, 4.69) is 27.4 Å². The number of hydrogen-bond donors (Lipinski definition) is 2. The van der Waals surface area contributed by atoms with E-state index < -0.39 is 0 Å². The first kappa shape index (κ1) is 9.33. The molecule has 0 unspecified atom stereocenters. The maximum atomic E-state index is 10.5. The van der Waals surface area contributed by atoms with Crippen molar-refractivity contribution in [1.29, 1.82) is 0 Å². The zero-order valence-electron chi connectivity index (χ0n) is 7.42. The zero-order chi connectivity index (χ0) is 9.52. The lowest BCUT2D eigenvalue weighted by Gasteiger charge is -1.94. The van der Waals surface area contributed by atoms with E-state index >= 15 is 0 Å². The second kappa shape index (κ2) is 4.99. The van der Waals surface area contributed by atoms with Crippen LogP contribution in [0.4, 0.5) is 0 Å². The van der Waals surface area contributed by atoms with Crippen molar-refractivity contribution in [3.05, 3.63) is 18.0 Å². The Morgan fingerprint density at radius 2 is 2.62 bits per heavy atom. The molecule has 0 fully saturated rings. The summed E-state index contributed by atoms with van der Waals surface area (Å²) >= 11 is 0. The number of nitrogens with one attached hydrogen (secondary N) is 2. The average molecular weight is 177 g/mol. The van der Waals surface area contributed by atoms with Gasteiger partial charge < -0.3 is 5.32 Å². The summed E-state index contributed by atoms with van der Waals surface area (Å²) in [6.07, 6.45) is 4.04. The van der Waals surface area contributed by atoms with Crippen LogP contribution in [0, 0.1) is 11.8 Å². The molecule has 0 aromatic carbocycles. The maximum absolute atomic E-state index is 10.5. The zero-order valence-corrected chi connectivity index (χ0v) is 7.42. The van der Waals surface area contributed by atoms with E-state index in [1.54, 1.807) is 12.4 Å². The van der Waals surface area contributed by atoms with E-state index in [-0.39, 0.29) is 5.91 Å². The van der Waals surface area contributed by atoms with Crippen molar-refractivity contribution < 1.29 is 4.79 Å². The van der Waals surface area contributed by atoms with Gasteiger partial charge in [-0.2, -0.15) is 5.10 Å². The fourth-order valence-corrected chi connectivity index (χ4v) is 0.785. The Kier molecular flexibility index (Phi) is 3.58. The third-order valence-corrected chi connectivity index (χ3v) is 1.35. The fourth-order valence-electron chi connectivity index (χ4n) is 0.785. The molecule has 0 spiro atoms. The number of carbonyl (C=O) groups is 1. The van der Waals surface area contributed by atoms with Gasteiger partial charge in [-0.05, 0) is 0 Å². The highest BCUT2D eigenvalue weighted by Gasteiger charge is 1.87. The highest BCUT2D eigenvalue weighted by atomic mass is 16.1. The summed E-state index contributed by atoms with van der Waals surface area (Å²) in [7, 11) is 0. The van der Waals surface area contributed by atoms with E-state index in [0.717, 1.165) is 5.56 Å². The van der Waals surface area contributed by atoms with Crippen LogP contribution in [-0.4, -0.2) is 22.6 Å². The molecular formula is C9H11N3O. The minimum absolute atomic E-state index is 0.0230. The van der Waals surface area contributed by atoms with Gasteiger partial charge in [-0.1, -0.05) is 11.8 Å². The van der Waals surface area contributed by atoms with E-state index in [4.69, 9.17) is 0 Å². The first-order valence-electron chi connectivity index (χ1n) is 4.01. The molecule has 0 radical (unpaired) electrons. The highest BCUT2D eigenvalue weighted by molar-refractivity contribution is 5.72. The lowest BCUT2D eigenvalue weighted by Crippen LogP contribution is -2.20. The fraction of sp³-hybridized carbons (Fsp3) is 0.333. The van der Waals surface area contributed by atoms with Crippen LogP contribution in [0.1, 0.15) is 18.9 Å². The summed E-state index contributed by atoms with van der Waals surface area (Å²) in [6, 6.07) is 0. The predicted molar refractivity (Wildman–Crippen MR) is 48.8 cm³/mol. The first-order chi connectivity index (χ1) is 6.29. The third-order valence-electron chi connectivity index (χ3n) is 1.35. The Morgan fingerprint density at radius 1 is 1.77 bits per heavy atom. The standard InChI is InChI=1S/C9H11N3O/c1-8(13)10-5-3-2-4-9-6-11-12-7-9/h6-7H,3,5H2,1H3,(H,10,13)(H,11,12). The second-order valence-corrected chi connectivity index (χ2v) is 2.52. The molecule has 0 atom stereocenters. The molecule has 13 heavy (non-hydrogen) atoms. The van der Waals surface area contributed by atoms with Gasteiger partial charge in [-0.15, -0.1) is 0 Å². The number of carbonyl (C=O) groups excluding carboxylic acids is 1. The Labute approximate surface area is 76.7 Å². The first-order valence-corrected chi connectivity index (χ1v) is 4.01. The molecule has 1 aromatic rings. The molecule has 0 aliphatic carbocycles. The molecule has 1 rings (SSSR count). The van der Waals surface area contributed by atoms with Gasteiger partial charge in [0.1, 0.15) is 0 Å². The Balaban J connectivity index is 2.22. The summed E-state index contributed by atoms with van der Waals surface area (Å²) in [5, 5.41) is 9.08. The summed E-state index contributed by atoms with van der Waals surface area (Å²) in [4.78, 5) is 10.5. The Morgan fingerprint density at radius 3 is 3.23 bits per heavy atom. The number of H-pyrrole nitrogens is 1. The van der Waals surface area contributed by atoms with Gasteiger partial charge in [0.25, 0.3) is 0 Å². The quantitative estimate of drug-likeness (QED) is 0.504. The maximum Gasteiger partial charge on any atom is 0.216 e. The van der Waals surface area contributed by atoms with Gasteiger partial charge in [0.05, 0.1) is 11.8 Å². The van der Waals surface area contributed by atoms with Crippen LogP contribution in [0.25, 0.3) is 0 Å². The van der Waals surface area contributed by atoms with E-state index in [1.807, 2.05) is 0 Å². The van der Waals surface area contributed by atoms with Crippen molar-refractivity contribution >= 4 is 5.91 Å². The van der Waals surface area contributed by atoms with Crippen LogP contribution >= 0.6 is 0 Å². The van der Waals surface area contributed by atoms with Gasteiger partial charge in [0.15, 0.2) is 0 Å². The van der Waals surface area contributed by atoms with Crippen molar-refractivity contribution in [1.82, 2.24) is 15.5 Å². The smallest absolute Gasteiger partial charge is 0.216 e. The second-order valence-electron chi connectivity index (χ2n) is 2.52. The largest absolute Gasteiger partial charge is 0.355 e. The molecule has 2 N–H and O–H groups in total. The number of hydrogen-bond acceptors (Lipinski definition) is 2. The van der Waals surface area contributed by atoms with Crippen molar-refractivity contribution in [3.8, 4) is 11.8 Å². The van der Waals surface area contributed by atoms with Crippen LogP contribution in [0.15, 0.2) is 12.4 Å². The van der Waals surface area contributed by atoms with Crippen LogP contribution in [-0.2, 0) is 4.79 Å². The minimum atomic E-state index is -0.0230. The SMILES string of the molecule is CC(=O)NCCC#Cc1cn[nH]c1. The van der Waals surface area contributed by atoms with Gasteiger partial charge in [-0.25, -0.2) is 0 Å². The number of amides is 1. The normalized spacial score (nSPS) is 8.69. The molecule has 0 bridgehead atoms. The highest BCUT2D eigenvalue weighted by Crippen LogP contribution is 1.88. The molecule has 1 heterocycles. The lowest BCUT2D eigenvalue weighted by molar-refractivity contribution is -0.118. The van der Waals surface area contributed by atoms with Crippen molar-refractivity contribution in [2.75, 3.05) is 6.54 Å². The van der Waals surface area contributed by atoms with Gasteiger partial charge in [0, 0.05) is 26.1 Å². The molecule has 1 aromatic heterocycles. The number of rotatable bonds is 2. The molecule has 0 saturated carbocycles. The number of aromatic amines is 1. The molecule has 0 saturated heterocycles. The third kappa shape index (κ3) is 3.97. The summed E-state index contributed by atoms with van der Waals surface area (Å²) in [6.45, 7) is 2.09. The van der Waals surface area contributed by atoms with Gasteiger partial charge in [0.2, 0.25) is 5.91 Å². The monoisotopic (exact) mass is 177 g/mol. The number of aromatic nitrogens is 2. The van der Waals surface area contributed by atoms with Crippen LogP contribution in [0.2, 0.25) is 0 Å². The molecule has 68 valence electrons. The van der Waals surface area contributed by atoms with Crippen molar-refractivity contribution in [2.45, 2.75) is 13.3 Å². The van der Waals surface area contributed by atoms with Crippen molar-refractivity contribution in [3.63, 3.8) is 0 Å². The summed E-state index contributed by atoms with van der Waals surface area (Å²) in [5.41, 5.74) is 0.864. The van der Waals surface area contributed by atoms with Crippen molar-refractivity contribution in [2.24, 2.45) is 0 Å². The summed E-state index contributed by atoms with van der Waals surface area (Å²) in [5.74, 6) is 5.80. The predicted octanol–water partition coefficient (Wildman–Crippen LogP) is 0.287. The summed E-state index contributed by atoms with van der Waals surface area (Å²) < 4.78 is 0. The number of nitrogens with zero attached hydrogens (tertiary/aromatic N) is 1. The molecule has 4 heteroatoms. The molecule has 0 aliphatic heterocycles. The lowest BCUT2D eigenvalue weighted by atomic mass is 10.3. The molecule has 4 nitrogen and oxygen atoms in total. The topological polar surface area (TPSA) is 57.8 Å². The van der Waals surface area contributed by atoms with E-state index in [1.165, 1.54) is 6.92 Å². The van der Waals surface area contributed by atoms with Crippen LogP contribution in [0.3, 0.4) is 0 Å². The minimum Gasteiger partial charge on any atom is -0.355 e. The van der Waals surface area contributed by atoms with Gasteiger partial charge in [-0.3, -0.25) is 9.89 Å². The Bertz CT molecular complexity index is 318. The van der Waals surface area contributed by atoms with Crippen LogP contribution in [0.5, 0.6) is 0 Å².